The Bertz CT molecular complexity index is 750. The van der Waals surface area contributed by atoms with Crippen LogP contribution < -0.4 is 10.6 Å². The minimum absolute atomic E-state index is 0.105. The number of amides is 1. The van der Waals surface area contributed by atoms with E-state index in [0.29, 0.717) is 12.3 Å². The van der Waals surface area contributed by atoms with Gasteiger partial charge in [0, 0.05) is 5.92 Å². The summed E-state index contributed by atoms with van der Waals surface area (Å²) in [5.41, 5.74) is 1.93. The lowest BCUT2D eigenvalue weighted by Crippen LogP contribution is -2.62. The number of hydrogen-bond acceptors (Lipinski definition) is 6. The molecule has 2 aliphatic heterocycles. The molecule has 2 aliphatic rings. The van der Waals surface area contributed by atoms with Gasteiger partial charge in [0.25, 0.3) is 0 Å². The predicted octanol–water partition coefficient (Wildman–Crippen LogP) is 2.39. The molecule has 3 rings (SSSR count). The molecule has 4 N–H and O–H groups in total. The molecule has 31 heavy (non-hydrogen) atoms. The Morgan fingerprint density at radius 3 is 2.74 bits per heavy atom. The Kier molecular flexibility index (Phi) is 8.69. The number of halogens is 1. The van der Waals surface area contributed by atoms with Gasteiger partial charge in [0.2, 0.25) is 5.91 Å². The van der Waals surface area contributed by atoms with E-state index in [1.807, 2.05) is 20.1 Å². The third-order valence-electron chi connectivity index (χ3n) is 6.60. The molecule has 2 fully saturated rings. The molecule has 0 spiro atoms. The summed E-state index contributed by atoms with van der Waals surface area (Å²) in [6.45, 7) is 6.49. The predicted molar refractivity (Wildman–Crippen MR) is 126 cm³/mol. The second kappa shape index (κ2) is 10.9. The number of carbonyl (C=O) groups excluding carboxylic acids is 1. The average molecular weight is 471 g/mol. The highest BCUT2D eigenvalue weighted by molar-refractivity contribution is 7.99. The maximum atomic E-state index is 13.2. The second-order valence-electron chi connectivity index (χ2n) is 8.90. The van der Waals surface area contributed by atoms with E-state index >= 15 is 0 Å². The molecule has 1 aromatic rings. The largest absolute Gasteiger partial charge is 0.390 e. The van der Waals surface area contributed by atoms with E-state index in [0.717, 1.165) is 13.0 Å². The van der Waals surface area contributed by atoms with Gasteiger partial charge >= 0.3 is 0 Å². The van der Waals surface area contributed by atoms with Gasteiger partial charge in [-0.25, -0.2) is 0 Å². The first-order valence-corrected chi connectivity index (χ1v) is 12.7. The molecule has 0 saturated carbocycles. The zero-order valence-corrected chi connectivity index (χ0v) is 20.2. The van der Waals surface area contributed by atoms with Crippen molar-refractivity contribution in [2.75, 3.05) is 12.8 Å². The van der Waals surface area contributed by atoms with E-state index in [1.165, 1.54) is 22.9 Å². The van der Waals surface area contributed by atoms with Crippen LogP contribution in [-0.4, -0.2) is 70.1 Å². The molecule has 0 radical (unpaired) electrons. The number of ether oxygens (including phenoxy) is 1. The van der Waals surface area contributed by atoms with Gasteiger partial charge in [-0.05, 0) is 51.0 Å². The molecule has 0 aliphatic carbocycles. The molecule has 0 aromatic heterocycles. The maximum absolute atomic E-state index is 13.2. The molecule has 174 valence electrons. The van der Waals surface area contributed by atoms with Gasteiger partial charge in [-0.15, -0.1) is 23.4 Å². The number of aliphatic hydroxyl groups excluding tert-OH is 2. The maximum Gasteiger partial charge on any atom is 0.237 e. The molecule has 1 amide bonds. The fourth-order valence-corrected chi connectivity index (χ4v) is 5.59. The molecule has 0 bridgehead atoms. The molecule has 9 atom stereocenters. The van der Waals surface area contributed by atoms with Crippen LogP contribution in [0.15, 0.2) is 24.3 Å². The Hall–Kier alpha value is -0.830. The first-order valence-electron chi connectivity index (χ1n) is 11.0. The molecule has 1 unspecified atom stereocenters. The lowest BCUT2D eigenvalue weighted by atomic mass is 9.84. The number of alkyl halides is 1. The van der Waals surface area contributed by atoms with E-state index in [9.17, 15) is 15.0 Å². The summed E-state index contributed by atoms with van der Waals surface area (Å²) in [6.07, 6.45) is 1.12. The number of aryl methyl sites for hydroxylation is 1. The highest BCUT2D eigenvalue weighted by atomic mass is 35.5. The van der Waals surface area contributed by atoms with Gasteiger partial charge in [-0.3, -0.25) is 4.79 Å². The normalized spacial score (nSPS) is 35.9. The summed E-state index contributed by atoms with van der Waals surface area (Å²) in [6, 6.07) is 7.68. The van der Waals surface area contributed by atoms with Crippen LogP contribution in [0.25, 0.3) is 0 Å². The highest BCUT2D eigenvalue weighted by Gasteiger charge is 2.46. The minimum atomic E-state index is -0.974. The molecule has 1 aromatic carbocycles. The smallest absolute Gasteiger partial charge is 0.237 e. The van der Waals surface area contributed by atoms with Crippen LogP contribution in [0.1, 0.15) is 43.7 Å². The molecule has 8 heteroatoms. The Morgan fingerprint density at radius 2 is 2.10 bits per heavy atom. The van der Waals surface area contributed by atoms with Crippen molar-refractivity contribution in [1.82, 2.24) is 10.6 Å². The van der Waals surface area contributed by atoms with Crippen molar-refractivity contribution in [2.45, 2.75) is 80.7 Å². The first kappa shape index (κ1) is 24.8. The van der Waals surface area contributed by atoms with E-state index in [1.54, 1.807) is 0 Å². The van der Waals surface area contributed by atoms with Crippen molar-refractivity contribution in [3.63, 3.8) is 0 Å². The Morgan fingerprint density at radius 1 is 1.35 bits per heavy atom. The van der Waals surface area contributed by atoms with Crippen LogP contribution in [0.5, 0.6) is 0 Å². The van der Waals surface area contributed by atoms with Crippen molar-refractivity contribution in [3.05, 3.63) is 35.4 Å². The quantitative estimate of drug-likeness (QED) is 0.477. The number of benzene rings is 1. The second-order valence-corrected chi connectivity index (χ2v) is 10.5. The van der Waals surface area contributed by atoms with E-state index < -0.39 is 35.2 Å². The summed E-state index contributed by atoms with van der Waals surface area (Å²) in [5, 5.41) is 26.8. The van der Waals surface area contributed by atoms with E-state index in [2.05, 4.69) is 41.8 Å². The average Bonchev–Trinajstić information content (AvgIpc) is 2.76. The zero-order valence-electron chi connectivity index (χ0n) is 18.6. The number of piperidine rings is 1. The van der Waals surface area contributed by atoms with Crippen molar-refractivity contribution in [2.24, 2.45) is 5.92 Å². The third kappa shape index (κ3) is 5.75. The molecular weight excluding hydrogens is 436 g/mol. The number of thioether (sulfide) groups is 1. The van der Waals surface area contributed by atoms with Crippen molar-refractivity contribution >= 4 is 29.3 Å². The van der Waals surface area contributed by atoms with E-state index in [-0.39, 0.29) is 17.9 Å². The molecule has 6 nitrogen and oxygen atoms in total. The summed E-state index contributed by atoms with van der Waals surface area (Å²) >= 11 is 7.81. The topological polar surface area (TPSA) is 90.8 Å². The van der Waals surface area contributed by atoms with Gasteiger partial charge in [0.05, 0.1) is 29.7 Å². The van der Waals surface area contributed by atoms with Crippen LogP contribution in [0, 0.1) is 12.8 Å². The number of hydrogen-bond donors (Lipinski definition) is 4. The number of nitrogens with one attached hydrogen (secondary N) is 2. The van der Waals surface area contributed by atoms with Gasteiger partial charge in [0.15, 0.2) is 0 Å². The summed E-state index contributed by atoms with van der Waals surface area (Å²) < 4.78 is 6.08. The SMILES string of the molecule is CS[C@H]1O[C@H](C(NC(=O)[C@@H]2C[C@H](c3cccc(C)c3)CCN2)[C@H](C)Cl)[C@H](C)[C@H](O)[C@H]1O. The molecule has 2 saturated heterocycles. The lowest BCUT2D eigenvalue weighted by molar-refractivity contribution is -0.175. The molecular formula is C23H35ClN2O4S. The van der Waals surface area contributed by atoms with Crippen LogP contribution in [0.3, 0.4) is 0 Å². The van der Waals surface area contributed by atoms with Gasteiger partial charge < -0.3 is 25.6 Å². The Labute approximate surface area is 194 Å². The van der Waals surface area contributed by atoms with Gasteiger partial charge in [-0.1, -0.05) is 36.8 Å². The fraction of sp³-hybridized carbons (Fsp3) is 0.696. The van der Waals surface area contributed by atoms with Gasteiger partial charge in [0.1, 0.15) is 11.5 Å². The fourth-order valence-electron chi connectivity index (χ4n) is 4.70. The van der Waals surface area contributed by atoms with Crippen LogP contribution in [0.2, 0.25) is 0 Å². The summed E-state index contributed by atoms with van der Waals surface area (Å²) in [7, 11) is 0. The standard InChI is InChI=1S/C23H35ClN2O4S/c1-12-6-5-7-15(10-12)16-8-9-25-17(11-16)22(29)26-18(14(3)24)21-13(2)19(27)20(28)23(30-21)31-4/h5-7,10,13-14,16-21,23,25,27-28H,8-9,11H2,1-4H3,(H,26,29)/t13-,14+,16-,17+,18?,19+,20-,21+,23-/m1/s1. The Balaban J connectivity index is 1.70. The third-order valence-corrected chi connectivity index (χ3v) is 7.73. The number of carbonyl (C=O) groups is 1. The summed E-state index contributed by atoms with van der Waals surface area (Å²) in [4.78, 5) is 13.2. The molecule has 2 heterocycles. The summed E-state index contributed by atoms with van der Waals surface area (Å²) in [5.74, 6) is -0.150. The number of rotatable bonds is 6. The van der Waals surface area contributed by atoms with Crippen molar-refractivity contribution < 1.29 is 19.7 Å². The monoisotopic (exact) mass is 470 g/mol. The minimum Gasteiger partial charge on any atom is -0.390 e. The lowest BCUT2D eigenvalue weighted by Gasteiger charge is -2.45. The van der Waals surface area contributed by atoms with E-state index in [4.69, 9.17) is 16.3 Å². The highest BCUT2D eigenvalue weighted by Crippen LogP contribution is 2.34. The zero-order chi connectivity index (χ0) is 22.7. The van der Waals surface area contributed by atoms with Crippen LogP contribution in [0.4, 0.5) is 0 Å². The first-order chi connectivity index (χ1) is 14.7. The van der Waals surface area contributed by atoms with Crippen molar-refractivity contribution in [3.8, 4) is 0 Å². The van der Waals surface area contributed by atoms with Crippen LogP contribution >= 0.6 is 23.4 Å². The van der Waals surface area contributed by atoms with Gasteiger partial charge in [-0.2, -0.15) is 0 Å². The number of aliphatic hydroxyl groups is 2. The van der Waals surface area contributed by atoms with Crippen LogP contribution in [-0.2, 0) is 9.53 Å². The van der Waals surface area contributed by atoms with Crippen molar-refractivity contribution in [1.29, 1.82) is 0 Å².